The second kappa shape index (κ2) is 9.60. The van der Waals surface area contributed by atoms with Gasteiger partial charge in [-0.3, -0.25) is 4.79 Å². The first-order chi connectivity index (χ1) is 10.8. The molecule has 0 saturated heterocycles. The quantitative estimate of drug-likeness (QED) is 0.408. The molecule has 2 atom stereocenters. The second-order valence-electron chi connectivity index (χ2n) is 6.57. The van der Waals surface area contributed by atoms with Gasteiger partial charge in [0.15, 0.2) is 0 Å². The van der Waals surface area contributed by atoms with Crippen LogP contribution in [0.15, 0.2) is 34.7 Å². The van der Waals surface area contributed by atoms with Crippen LogP contribution in [0.1, 0.15) is 52.5 Å². The molecule has 0 amide bonds. The number of unbranched alkanes of at least 4 members (excludes halogenated alkanes) is 1. The zero-order valence-corrected chi connectivity index (χ0v) is 15.3. The lowest BCUT2D eigenvalue weighted by atomic mass is 10.0. The summed E-state index contributed by atoms with van der Waals surface area (Å²) in [6, 6.07) is 9.65. The summed E-state index contributed by atoms with van der Waals surface area (Å²) >= 11 is 0. The zero-order chi connectivity index (χ0) is 17.3. The number of ether oxygens (including phenoxy) is 1. The van der Waals surface area contributed by atoms with Crippen LogP contribution < -0.4 is 0 Å². The maximum Gasteiger partial charge on any atom is 0.308 e. The van der Waals surface area contributed by atoms with E-state index in [0.29, 0.717) is 6.61 Å². The molecule has 4 nitrogen and oxygen atoms in total. The maximum absolute atomic E-state index is 11.9. The van der Waals surface area contributed by atoms with Gasteiger partial charge in [0.25, 0.3) is 0 Å². The van der Waals surface area contributed by atoms with Gasteiger partial charge in [0, 0.05) is 6.21 Å². The lowest BCUT2D eigenvalue weighted by molar-refractivity contribution is -0.149. The van der Waals surface area contributed by atoms with Crippen LogP contribution in [0.4, 0.5) is 0 Å². The van der Waals surface area contributed by atoms with Gasteiger partial charge in [-0.25, -0.2) is 4.21 Å². The van der Waals surface area contributed by atoms with Crippen molar-refractivity contribution < 1.29 is 13.7 Å². The number of benzene rings is 1. The Morgan fingerprint density at radius 3 is 2.57 bits per heavy atom. The van der Waals surface area contributed by atoms with E-state index in [4.69, 9.17) is 4.74 Å². The van der Waals surface area contributed by atoms with Gasteiger partial charge in [-0.1, -0.05) is 37.3 Å². The number of rotatable bonds is 8. The van der Waals surface area contributed by atoms with E-state index in [1.807, 2.05) is 58.0 Å². The molecule has 0 radical (unpaired) electrons. The summed E-state index contributed by atoms with van der Waals surface area (Å²) in [4.78, 5) is 11.9. The highest BCUT2D eigenvalue weighted by atomic mass is 32.2. The van der Waals surface area contributed by atoms with Crippen molar-refractivity contribution >= 4 is 23.2 Å². The molecule has 0 saturated carbocycles. The molecule has 1 unspecified atom stereocenters. The maximum atomic E-state index is 11.9. The highest BCUT2D eigenvalue weighted by Crippen LogP contribution is 2.13. The summed E-state index contributed by atoms with van der Waals surface area (Å²) < 4.78 is 20.8. The SMILES string of the molecule is C[C@H](CCC/C=N\S(=O)C(C)(C)C)C(=O)OCc1ccccc1. The minimum Gasteiger partial charge on any atom is -0.461 e. The van der Waals surface area contributed by atoms with E-state index in [0.717, 1.165) is 24.8 Å². The average molecular weight is 337 g/mol. The standard InChI is InChI=1S/C18H27NO3S/c1-15(10-8-9-13-19-23(21)18(2,3)4)17(20)22-14-16-11-6-5-7-12-16/h5-7,11-13,15H,8-10,14H2,1-4H3/b19-13-/t15-,23?/m1/s1. The molecular formula is C18H27NO3S. The Morgan fingerprint density at radius 2 is 1.96 bits per heavy atom. The molecular weight excluding hydrogens is 310 g/mol. The number of esters is 1. The van der Waals surface area contributed by atoms with Crippen LogP contribution >= 0.6 is 0 Å². The highest BCUT2D eigenvalue weighted by molar-refractivity contribution is 7.85. The van der Waals surface area contributed by atoms with Crippen molar-refractivity contribution in [1.82, 2.24) is 0 Å². The largest absolute Gasteiger partial charge is 0.461 e. The number of carbonyl (C=O) groups excluding carboxylic acids is 1. The molecule has 0 heterocycles. The lowest BCUT2D eigenvalue weighted by Crippen LogP contribution is -2.19. The van der Waals surface area contributed by atoms with Crippen LogP contribution in [0, 0.1) is 5.92 Å². The third-order valence-corrected chi connectivity index (χ3v) is 4.68. The highest BCUT2D eigenvalue weighted by Gasteiger charge is 2.18. The molecule has 0 aliphatic heterocycles. The van der Waals surface area contributed by atoms with Crippen LogP contribution in [-0.2, 0) is 27.1 Å². The molecule has 0 aliphatic rings. The van der Waals surface area contributed by atoms with E-state index >= 15 is 0 Å². The Morgan fingerprint density at radius 1 is 1.30 bits per heavy atom. The molecule has 128 valence electrons. The van der Waals surface area contributed by atoms with Crippen molar-refractivity contribution in [3.63, 3.8) is 0 Å². The van der Waals surface area contributed by atoms with Crippen molar-refractivity contribution in [2.24, 2.45) is 10.3 Å². The lowest BCUT2D eigenvalue weighted by Gasteiger charge is -2.13. The van der Waals surface area contributed by atoms with Crippen LogP contribution in [0.2, 0.25) is 0 Å². The average Bonchev–Trinajstić information content (AvgIpc) is 2.51. The molecule has 0 aliphatic carbocycles. The van der Waals surface area contributed by atoms with Gasteiger partial charge >= 0.3 is 5.97 Å². The Labute approximate surface area is 141 Å². The molecule has 0 spiro atoms. The fraction of sp³-hybridized carbons (Fsp3) is 0.556. The first-order valence-electron chi connectivity index (χ1n) is 7.96. The smallest absolute Gasteiger partial charge is 0.308 e. The van der Waals surface area contributed by atoms with Gasteiger partial charge in [0.05, 0.1) is 10.7 Å². The van der Waals surface area contributed by atoms with Gasteiger partial charge in [-0.15, -0.1) is 0 Å². The van der Waals surface area contributed by atoms with Crippen LogP contribution in [-0.4, -0.2) is 21.1 Å². The molecule has 0 N–H and O–H groups in total. The van der Waals surface area contributed by atoms with Gasteiger partial charge < -0.3 is 4.74 Å². The van der Waals surface area contributed by atoms with Crippen molar-refractivity contribution in [3.8, 4) is 0 Å². The van der Waals surface area contributed by atoms with Crippen LogP contribution in [0.25, 0.3) is 0 Å². The zero-order valence-electron chi connectivity index (χ0n) is 14.5. The first kappa shape index (κ1) is 19.6. The molecule has 23 heavy (non-hydrogen) atoms. The second-order valence-corrected chi connectivity index (χ2v) is 8.51. The van der Waals surface area contributed by atoms with E-state index < -0.39 is 11.0 Å². The Bertz CT molecular complexity index is 535. The minimum absolute atomic E-state index is 0.139. The van der Waals surface area contributed by atoms with Gasteiger partial charge in [-0.05, 0) is 45.6 Å². The van der Waals surface area contributed by atoms with Gasteiger partial charge in [0.1, 0.15) is 17.6 Å². The summed E-state index contributed by atoms with van der Waals surface area (Å²) in [6.45, 7) is 7.87. The van der Waals surface area contributed by atoms with Crippen molar-refractivity contribution in [3.05, 3.63) is 35.9 Å². The molecule has 1 aromatic carbocycles. The monoisotopic (exact) mass is 337 g/mol. The van der Waals surface area contributed by atoms with E-state index in [9.17, 15) is 9.00 Å². The first-order valence-corrected chi connectivity index (χ1v) is 9.06. The molecule has 1 aromatic rings. The number of hydrogen-bond acceptors (Lipinski definition) is 3. The normalized spacial score (nSPS) is 14.6. The molecule has 0 bridgehead atoms. The third-order valence-electron chi connectivity index (χ3n) is 3.29. The molecule has 5 heteroatoms. The van der Waals surface area contributed by atoms with Crippen molar-refractivity contribution in [2.75, 3.05) is 0 Å². The molecule has 0 aromatic heterocycles. The van der Waals surface area contributed by atoms with Gasteiger partial charge in [-0.2, -0.15) is 4.40 Å². The Hall–Kier alpha value is -1.49. The van der Waals surface area contributed by atoms with E-state index in [-0.39, 0.29) is 16.6 Å². The third kappa shape index (κ3) is 8.07. The van der Waals surface area contributed by atoms with E-state index in [1.165, 1.54) is 0 Å². The van der Waals surface area contributed by atoms with Crippen molar-refractivity contribution in [2.45, 2.75) is 58.3 Å². The van der Waals surface area contributed by atoms with E-state index in [2.05, 4.69) is 4.40 Å². The topological polar surface area (TPSA) is 55.7 Å². The van der Waals surface area contributed by atoms with Crippen molar-refractivity contribution in [1.29, 1.82) is 0 Å². The predicted molar refractivity (Wildman–Crippen MR) is 95.6 cm³/mol. The summed E-state index contributed by atoms with van der Waals surface area (Å²) in [7, 11) is -1.21. The number of hydrogen-bond donors (Lipinski definition) is 0. The molecule has 1 rings (SSSR count). The fourth-order valence-corrected chi connectivity index (χ4v) is 2.34. The Balaban J connectivity index is 2.23. The number of nitrogens with zero attached hydrogens (tertiary/aromatic N) is 1. The summed E-state index contributed by atoms with van der Waals surface area (Å²) in [5.74, 6) is -0.315. The summed E-state index contributed by atoms with van der Waals surface area (Å²) in [5, 5.41) is 0. The summed E-state index contributed by atoms with van der Waals surface area (Å²) in [6.07, 6.45) is 3.98. The minimum atomic E-state index is -1.21. The van der Waals surface area contributed by atoms with Gasteiger partial charge in [0.2, 0.25) is 0 Å². The predicted octanol–water partition coefficient (Wildman–Crippen LogP) is 4.07. The Kier molecular flexibility index (Phi) is 8.17. The number of carbonyl (C=O) groups is 1. The fourth-order valence-electron chi connectivity index (χ4n) is 1.78. The van der Waals surface area contributed by atoms with Crippen LogP contribution in [0.5, 0.6) is 0 Å². The summed E-state index contributed by atoms with van der Waals surface area (Å²) in [5.41, 5.74) is 0.991. The van der Waals surface area contributed by atoms with E-state index in [1.54, 1.807) is 6.21 Å². The molecule has 0 fully saturated rings. The van der Waals surface area contributed by atoms with Crippen LogP contribution in [0.3, 0.4) is 0 Å².